The summed E-state index contributed by atoms with van der Waals surface area (Å²) in [6.45, 7) is 4.76. The van der Waals surface area contributed by atoms with Gasteiger partial charge in [-0.2, -0.15) is 0 Å². The molecule has 3 heterocycles. The minimum Gasteiger partial charge on any atom is -0.445 e. The van der Waals surface area contributed by atoms with E-state index < -0.39 is 0 Å². The van der Waals surface area contributed by atoms with Crippen LogP contribution < -0.4 is 5.32 Å². The van der Waals surface area contributed by atoms with Crippen molar-refractivity contribution >= 4 is 23.3 Å². The molecule has 1 aliphatic heterocycles. The van der Waals surface area contributed by atoms with E-state index in [0.29, 0.717) is 25.9 Å². The molecule has 1 aliphatic rings. The second-order valence-electron chi connectivity index (χ2n) is 6.34. The van der Waals surface area contributed by atoms with Crippen LogP contribution in [0.1, 0.15) is 29.5 Å². The smallest absolute Gasteiger partial charge is 0.410 e. The Bertz CT molecular complexity index is 756. The molecular weight excluding hydrogens is 362 g/mol. The fourth-order valence-electron chi connectivity index (χ4n) is 3.10. The number of nitrogens with zero attached hydrogens (tertiary/aromatic N) is 2. The standard InChI is InChI=1S/C20H23N3O3S/c1-2-13-26-20(25)23-11-8-15(9-12-23)19(24)22-18(17-7-5-14-27-17)16-6-3-4-10-21-16/h2-7,10,14-15,18H,1,8-9,11-13H2,(H,22,24). The van der Waals surface area contributed by atoms with Crippen LogP contribution in [0, 0.1) is 5.92 Å². The minimum atomic E-state index is -0.348. The quantitative estimate of drug-likeness (QED) is 0.774. The van der Waals surface area contributed by atoms with Crippen LogP contribution in [-0.4, -0.2) is 41.6 Å². The van der Waals surface area contributed by atoms with Crippen molar-refractivity contribution in [1.29, 1.82) is 0 Å². The zero-order valence-corrected chi connectivity index (χ0v) is 15.9. The lowest BCUT2D eigenvalue weighted by atomic mass is 9.95. The molecule has 2 amide bonds. The third-order valence-electron chi connectivity index (χ3n) is 4.55. The predicted octanol–water partition coefficient (Wildman–Crippen LogP) is 3.38. The molecule has 1 atom stereocenters. The lowest BCUT2D eigenvalue weighted by Crippen LogP contribution is -2.44. The molecule has 27 heavy (non-hydrogen) atoms. The van der Waals surface area contributed by atoms with Gasteiger partial charge in [0.05, 0.1) is 5.69 Å². The summed E-state index contributed by atoms with van der Waals surface area (Å²) >= 11 is 1.59. The molecule has 0 aliphatic carbocycles. The van der Waals surface area contributed by atoms with Gasteiger partial charge in [-0.25, -0.2) is 4.79 Å². The highest BCUT2D eigenvalue weighted by molar-refractivity contribution is 7.10. The normalized spacial score (nSPS) is 15.8. The summed E-state index contributed by atoms with van der Waals surface area (Å²) in [5.74, 6) is -0.127. The molecule has 0 bridgehead atoms. The molecule has 2 aromatic rings. The average Bonchev–Trinajstić information content (AvgIpc) is 3.25. The number of hydrogen-bond acceptors (Lipinski definition) is 5. The van der Waals surface area contributed by atoms with E-state index in [9.17, 15) is 9.59 Å². The molecule has 0 saturated carbocycles. The van der Waals surface area contributed by atoms with Crippen molar-refractivity contribution in [3.8, 4) is 0 Å². The highest BCUT2D eigenvalue weighted by Gasteiger charge is 2.30. The van der Waals surface area contributed by atoms with Crippen molar-refractivity contribution in [1.82, 2.24) is 15.2 Å². The van der Waals surface area contributed by atoms with Gasteiger partial charge in [0.1, 0.15) is 12.6 Å². The molecule has 0 radical (unpaired) electrons. The molecule has 1 unspecified atom stereocenters. The maximum Gasteiger partial charge on any atom is 0.410 e. The Labute approximate surface area is 162 Å². The van der Waals surface area contributed by atoms with Crippen molar-refractivity contribution in [3.05, 3.63) is 65.1 Å². The summed E-state index contributed by atoms with van der Waals surface area (Å²) in [5, 5.41) is 5.14. The summed E-state index contributed by atoms with van der Waals surface area (Å²) in [6.07, 6.45) is 4.16. The lowest BCUT2D eigenvalue weighted by Gasteiger charge is -2.31. The highest BCUT2D eigenvalue weighted by atomic mass is 32.1. The highest BCUT2D eigenvalue weighted by Crippen LogP contribution is 2.26. The Morgan fingerprint density at radius 3 is 2.78 bits per heavy atom. The van der Waals surface area contributed by atoms with Gasteiger partial charge in [0, 0.05) is 30.1 Å². The van der Waals surface area contributed by atoms with Crippen LogP contribution in [0.3, 0.4) is 0 Å². The maximum absolute atomic E-state index is 12.8. The third-order valence-corrected chi connectivity index (χ3v) is 5.48. The van der Waals surface area contributed by atoms with Crippen LogP contribution >= 0.6 is 11.3 Å². The van der Waals surface area contributed by atoms with Gasteiger partial charge < -0.3 is 15.0 Å². The molecule has 1 saturated heterocycles. The average molecular weight is 385 g/mol. The zero-order valence-electron chi connectivity index (χ0n) is 15.0. The number of hydrogen-bond donors (Lipinski definition) is 1. The number of pyridine rings is 1. The Kier molecular flexibility index (Phi) is 6.59. The monoisotopic (exact) mass is 385 g/mol. The number of piperidine rings is 1. The Balaban J connectivity index is 1.60. The van der Waals surface area contributed by atoms with Gasteiger partial charge in [0.15, 0.2) is 0 Å². The number of carbonyl (C=O) groups is 2. The van der Waals surface area contributed by atoms with E-state index in [0.717, 1.165) is 10.6 Å². The lowest BCUT2D eigenvalue weighted by molar-refractivity contribution is -0.126. The van der Waals surface area contributed by atoms with Crippen molar-refractivity contribution < 1.29 is 14.3 Å². The van der Waals surface area contributed by atoms with E-state index in [1.807, 2.05) is 35.7 Å². The van der Waals surface area contributed by atoms with Gasteiger partial charge in [-0.15, -0.1) is 11.3 Å². The van der Waals surface area contributed by atoms with E-state index in [2.05, 4.69) is 16.9 Å². The number of thiophene rings is 1. The predicted molar refractivity (Wildman–Crippen MR) is 104 cm³/mol. The molecule has 7 heteroatoms. The van der Waals surface area contributed by atoms with Crippen LogP contribution in [0.25, 0.3) is 0 Å². The number of aromatic nitrogens is 1. The third kappa shape index (κ3) is 4.95. The van der Waals surface area contributed by atoms with Gasteiger partial charge in [-0.1, -0.05) is 24.8 Å². The van der Waals surface area contributed by atoms with Gasteiger partial charge in [0.25, 0.3) is 0 Å². The minimum absolute atomic E-state index is 0.00170. The molecule has 142 valence electrons. The summed E-state index contributed by atoms with van der Waals surface area (Å²) in [7, 11) is 0. The van der Waals surface area contributed by atoms with Crippen molar-refractivity contribution in [2.75, 3.05) is 19.7 Å². The second kappa shape index (κ2) is 9.32. The maximum atomic E-state index is 12.8. The second-order valence-corrected chi connectivity index (χ2v) is 7.32. The Morgan fingerprint density at radius 1 is 1.33 bits per heavy atom. The van der Waals surface area contributed by atoms with Crippen LogP contribution in [0.15, 0.2) is 54.6 Å². The topological polar surface area (TPSA) is 71.5 Å². The largest absolute Gasteiger partial charge is 0.445 e. The van der Waals surface area contributed by atoms with Gasteiger partial charge in [-0.3, -0.25) is 9.78 Å². The number of nitrogens with one attached hydrogen (secondary N) is 1. The molecular formula is C20H23N3O3S. The number of carbonyl (C=O) groups excluding carboxylic acids is 2. The first-order valence-corrected chi connectivity index (χ1v) is 9.84. The number of likely N-dealkylation sites (tertiary alicyclic amines) is 1. The summed E-state index contributed by atoms with van der Waals surface area (Å²) < 4.78 is 5.06. The van der Waals surface area contributed by atoms with E-state index in [1.165, 1.54) is 0 Å². The van der Waals surface area contributed by atoms with Crippen molar-refractivity contribution in [2.24, 2.45) is 5.92 Å². The summed E-state index contributed by atoms with van der Waals surface area (Å²) in [6, 6.07) is 9.41. The first kappa shape index (κ1) is 19.1. The number of amides is 2. The molecule has 2 aromatic heterocycles. The van der Waals surface area contributed by atoms with Crippen molar-refractivity contribution in [3.63, 3.8) is 0 Å². The molecule has 6 nitrogen and oxygen atoms in total. The molecule has 0 aromatic carbocycles. The first-order valence-electron chi connectivity index (χ1n) is 8.96. The van der Waals surface area contributed by atoms with Crippen LogP contribution in [-0.2, 0) is 9.53 Å². The van der Waals surface area contributed by atoms with E-state index in [4.69, 9.17) is 4.74 Å². The fourth-order valence-corrected chi connectivity index (χ4v) is 3.89. The summed E-state index contributed by atoms with van der Waals surface area (Å²) in [5.41, 5.74) is 0.818. The van der Waals surface area contributed by atoms with Gasteiger partial charge in [-0.05, 0) is 36.4 Å². The van der Waals surface area contributed by atoms with Crippen LogP contribution in [0.4, 0.5) is 4.79 Å². The molecule has 1 fully saturated rings. The first-order chi connectivity index (χ1) is 13.2. The molecule has 3 rings (SSSR count). The SMILES string of the molecule is C=CCOC(=O)N1CCC(C(=O)NC(c2ccccn2)c2cccs2)CC1. The zero-order chi connectivity index (χ0) is 19.1. The summed E-state index contributed by atoms with van der Waals surface area (Å²) in [4.78, 5) is 31.8. The Hall–Kier alpha value is -2.67. The van der Waals surface area contributed by atoms with Crippen molar-refractivity contribution in [2.45, 2.75) is 18.9 Å². The van der Waals surface area contributed by atoms with Gasteiger partial charge >= 0.3 is 6.09 Å². The van der Waals surface area contributed by atoms with E-state index in [-0.39, 0.29) is 30.6 Å². The van der Waals surface area contributed by atoms with Gasteiger partial charge in [0.2, 0.25) is 5.91 Å². The van der Waals surface area contributed by atoms with Crippen LogP contribution in [0.5, 0.6) is 0 Å². The van der Waals surface area contributed by atoms with E-state index >= 15 is 0 Å². The number of ether oxygens (including phenoxy) is 1. The Morgan fingerprint density at radius 2 is 2.15 bits per heavy atom. The fraction of sp³-hybridized carbons (Fsp3) is 0.350. The molecule has 0 spiro atoms. The van der Waals surface area contributed by atoms with E-state index in [1.54, 1.807) is 28.5 Å². The number of rotatable bonds is 6. The van der Waals surface area contributed by atoms with Crippen LogP contribution in [0.2, 0.25) is 0 Å². The molecule has 1 N–H and O–H groups in total.